The SMILES string of the molecule is O=C(NCCNc1cccc(Br)c1)NC1CCC(C(=O)O)CC1. The lowest BCUT2D eigenvalue weighted by molar-refractivity contribution is -0.142. The molecule has 1 aliphatic rings. The summed E-state index contributed by atoms with van der Waals surface area (Å²) in [6, 6.07) is 7.71. The maximum absolute atomic E-state index is 11.8. The van der Waals surface area contributed by atoms with Crippen molar-refractivity contribution in [3.05, 3.63) is 28.7 Å². The molecule has 0 heterocycles. The second kappa shape index (κ2) is 8.76. The van der Waals surface area contributed by atoms with Crippen LogP contribution in [0, 0.1) is 5.92 Å². The third-order valence-electron chi connectivity index (χ3n) is 3.98. The fourth-order valence-electron chi connectivity index (χ4n) is 2.70. The second-order valence-corrected chi connectivity index (χ2v) is 6.64. The Bertz CT molecular complexity index is 545. The average Bonchev–Trinajstić information content (AvgIpc) is 2.52. The summed E-state index contributed by atoms with van der Waals surface area (Å²) in [4.78, 5) is 22.7. The minimum atomic E-state index is -0.730. The van der Waals surface area contributed by atoms with Crippen LogP contribution in [0.3, 0.4) is 0 Å². The molecule has 0 atom stereocenters. The number of carboxylic acid groups (broad SMARTS) is 1. The van der Waals surface area contributed by atoms with Gasteiger partial charge in [-0.05, 0) is 43.9 Å². The van der Waals surface area contributed by atoms with Gasteiger partial charge in [0.25, 0.3) is 0 Å². The Labute approximate surface area is 144 Å². The van der Waals surface area contributed by atoms with Crippen LogP contribution in [0.2, 0.25) is 0 Å². The zero-order valence-electron chi connectivity index (χ0n) is 12.8. The highest BCUT2D eigenvalue weighted by molar-refractivity contribution is 9.10. The lowest BCUT2D eigenvalue weighted by Gasteiger charge is -2.26. The number of benzene rings is 1. The summed E-state index contributed by atoms with van der Waals surface area (Å²) >= 11 is 3.41. The predicted molar refractivity (Wildman–Crippen MR) is 92.5 cm³/mol. The Morgan fingerprint density at radius 2 is 1.91 bits per heavy atom. The lowest BCUT2D eigenvalue weighted by Crippen LogP contribution is -2.45. The summed E-state index contributed by atoms with van der Waals surface area (Å²) in [5.74, 6) is -0.989. The molecule has 6 nitrogen and oxygen atoms in total. The van der Waals surface area contributed by atoms with Crippen molar-refractivity contribution in [1.82, 2.24) is 10.6 Å². The van der Waals surface area contributed by atoms with Gasteiger partial charge in [-0.25, -0.2) is 4.79 Å². The Balaban J connectivity index is 1.59. The first kappa shape index (κ1) is 17.6. The van der Waals surface area contributed by atoms with Crippen LogP contribution in [0.1, 0.15) is 25.7 Å². The molecule has 2 amide bonds. The molecule has 1 aromatic carbocycles. The van der Waals surface area contributed by atoms with Gasteiger partial charge >= 0.3 is 12.0 Å². The maximum atomic E-state index is 11.8. The van der Waals surface area contributed by atoms with Crippen molar-refractivity contribution in [3.63, 3.8) is 0 Å². The van der Waals surface area contributed by atoms with Gasteiger partial charge in [-0.15, -0.1) is 0 Å². The monoisotopic (exact) mass is 383 g/mol. The quantitative estimate of drug-likeness (QED) is 0.568. The number of anilines is 1. The zero-order valence-corrected chi connectivity index (χ0v) is 14.4. The number of hydrogen-bond acceptors (Lipinski definition) is 3. The third kappa shape index (κ3) is 6.09. The molecule has 4 N–H and O–H groups in total. The van der Waals surface area contributed by atoms with Gasteiger partial charge < -0.3 is 21.1 Å². The van der Waals surface area contributed by atoms with E-state index in [1.807, 2.05) is 24.3 Å². The van der Waals surface area contributed by atoms with E-state index in [9.17, 15) is 9.59 Å². The molecule has 1 aromatic rings. The van der Waals surface area contributed by atoms with Crippen molar-refractivity contribution in [2.75, 3.05) is 18.4 Å². The lowest BCUT2D eigenvalue weighted by atomic mass is 9.86. The van der Waals surface area contributed by atoms with Gasteiger partial charge in [0, 0.05) is 29.3 Å². The van der Waals surface area contributed by atoms with E-state index in [0.717, 1.165) is 23.0 Å². The van der Waals surface area contributed by atoms with Gasteiger partial charge in [-0.1, -0.05) is 22.0 Å². The van der Waals surface area contributed by atoms with Crippen LogP contribution in [0.15, 0.2) is 28.7 Å². The van der Waals surface area contributed by atoms with Crippen LogP contribution in [0.5, 0.6) is 0 Å². The summed E-state index contributed by atoms with van der Waals surface area (Å²) in [5, 5.41) is 17.9. The number of amides is 2. The molecule has 0 aromatic heterocycles. The van der Waals surface area contributed by atoms with Gasteiger partial charge in [-0.3, -0.25) is 4.79 Å². The van der Waals surface area contributed by atoms with Crippen molar-refractivity contribution in [2.24, 2.45) is 5.92 Å². The number of nitrogens with one attached hydrogen (secondary N) is 3. The summed E-state index contributed by atoms with van der Waals surface area (Å²) in [6.07, 6.45) is 2.71. The van der Waals surface area contributed by atoms with Crippen molar-refractivity contribution in [2.45, 2.75) is 31.7 Å². The van der Waals surface area contributed by atoms with E-state index in [4.69, 9.17) is 5.11 Å². The summed E-state index contributed by atoms with van der Waals surface area (Å²) in [7, 11) is 0. The van der Waals surface area contributed by atoms with Crippen LogP contribution >= 0.6 is 15.9 Å². The van der Waals surface area contributed by atoms with Gasteiger partial charge in [-0.2, -0.15) is 0 Å². The largest absolute Gasteiger partial charge is 0.481 e. The van der Waals surface area contributed by atoms with E-state index in [0.29, 0.717) is 25.9 Å². The van der Waals surface area contributed by atoms with Crippen LogP contribution < -0.4 is 16.0 Å². The number of halogens is 1. The molecular weight excluding hydrogens is 362 g/mol. The highest BCUT2D eigenvalue weighted by Crippen LogP contribution is 2.24. The topological polar surface area (TPSA) is 90.5 Å². The predicted octanol–water partition coefficient (Wildman–Crippen LogP) is 2.80. The van der Waals surface area contributed by atoms with Crippen LogP contribution in [-0.4, -0.2) is 36.2 Å². The molecule has 1 aliphatic carbocycles. The number of carboxylic acids is 1. The fraction of sp³-hybridized carbons (Fsp3) is 0.500. The van der Waals surface area contributed by atoms with E-state index in [1.165, 1.54) is 0 Å². The first-order valence-corrected chi connectivity index (χ1v) is 8.60. The molecule has 0 bridgehead atoms. The fourth-order valence-corrected chi connectivity index (χ4v) is 3.10. The molecule has 0 unspecified atom stereocenters. The molecule has 2 rings (SSSR count). The molecule has 0 spiro atoms. The minimum Gasteiger partial charge on any atom is -0.481 e. The Kier molecular flexibility index (Phi) is 6.70. The molecule has 126 valence electrons. The normalized spacial score (nSPS) is 20.6. The van der Waals surface area contributed by atoms with E-state index < -0.39 is 5.97 Å². The van der Waals surface area contributed by atoms with E-state index >= 15 is 0 Å². The first-order valence-electron chi connectivity index (χ1n) is 7.81. The molecule has 0 aliphatic heterocycles. The van der Waals surface area contributed by atoms with Gasteiger partial charge in [0.1, 0.15) is 0 Å². The number of carbonyl (C=O) groups excluding carboxylic acids is 1. The van der Waals surface area contributed by atoms with Crippen molar-refractivity contribution >= 4 is 33.6 Å². The molecule has 23 heavy (non-hydrogen) atoms. The van der Waals surface area contributed by atoms with Crippen LogP contribution in [0.4, 0.5) is 10.5 Å². The van der Waals surface area contributed by atoms with Crippen molar-refractivity contribution in [1.29, 1.82) is 0 Å². The van der Waals surface area contributed by atoms with Gasteiger partial charge in [0.05, 0.1) is 5.92 Å². The second-order valence-electron chi connectivity index (χ2n) is 5.72. The average molecular weight is 384 g/mol. The van der Waals surface area contributed by atoms with E-state index in [-0.39, 0.29) is 18.0 Å². The number of aliphatic carboxylic acids is 1. The number of rotatable bonds is 6. The number of carbonyl (C=O) groups is 2. The molecule has 0 radical (unpaired) electrons. The number of hydrogen-bond donors (Lipinski definition) is 4. The van der Waals surface area contributed by atoms with Crippen LogP contribution in [-0.2, 0) is 4.79 Å². The Morgan fingerprint density at radius 3 is 2.57 bits per heavy atom. The van der Waals surface area contributed by atoms with Crippen LogP contribution in [0.25, 0.3) is 0 Å². The Morgan fingerprint density at radius 1 is 1.17 bits per heavy atom. The highest BCUT2D eigenvalue weighted by atomic mass is 79.9. The zero-order chi connectivity index (χ0) is 16.7. The summed E-state index contributed by atoms with van der Waals surface area (Å²) in [5.41, 5.74) is 0.994. The summed E-state index contributed by atoms with van der Waals surface area (Å²) < 4.78 is 1.00. The summed E-state index contributed by atoms with van der Waals surface area (Å²) in [6.45, 7) is 1.15. The third-order valence-corrected chi connectivity index (χ3v) is 4.47. The van der Waals surface area contributed by atoms with Gasteiger partial charge in [0.15, 0.2) is 0 Å². The highest BCUT2D eigenvalue weighted by Gasteiger charge is 2.26. The molecule has 7 heteroatoms. The minimum absolute atomic E-state index is 0.0728. The van der Waals surface area contributed by atoms with Crippen molar-refractivity contribution in [3.8, 4) is 0 Å². The van der Waals surface area contributed by atoms with Crippen molar-refractivity contribution < 1.29 is 14.7 Å². The maximum Gasteiger partial charge on any atom is 0.315 e. The molecule has 1 saturated carbocycles. The number of urea groups is 1. The van der Waals surface area contributed by atoms with Gasteiger partial charge in [0.2, 0.25) is 0 Å². The molecular formula is C16H22BrN3O3. The first-order chi connectivity index (χ1) is 11.0. The Hall–Kier alpha value is -1.76. The van der Waals surface area contributed by atoms with E-state index in [2.05, 4.69) is 31.9 Å². The smallest absolute Gasteiger partial charge is 0.315 e. The molecule has 1 fully saturated rings. The van der Waals surface area contributed by atoms with E-state index in [1.54, 1.807) is 0 Å². The molecule has 0 saturated heterocycles. The standard InChI is InChI=1S/C16H22BrN3O3/c17-12-2-1-3-14(10-12)18-8-9-19-16(23)20-13-6-4-11(5-7-13)15(21)22/h1-3,10-11,13,18H,4-9H2,(H,21,22)(H2,19,20,23).